The Hall–Kier alpha value is -2.29. The largest absolute Gasteiger partial charge is 0.376 e. The lowest BCUT2D eigenvalue weighted by Crippen LogP contribution is -2.45. The summed E-state index contributed by atoms with van der Waals surface area (Å²) in [6.45, 7) is 1.51. The number of thioether (sulfide) groups is 2. The minimum Gasteiger partial charge on any atom is -0.376 e. The Bertz CT molecular complexity index is 1050. The summed E-state index contributed by atoms with van der Waals surface area (Å²) in [7, 11) is 0. The Morgan fingerprint density at radius 1 is 1.09 bits per heavy atom. The quantitative estimate of drug-likeness (QED) is 0.441. The van der Waals surface area contributed by atoms with E-state index in [0.717, 1.165) is 59.6 Å². The predicted octanol–water partition coefficient (Wildman–Crippen LogP) is 4.54. The molecule has 0 radical (unpaired) electrons. The van der Waals surface area contributed by atoms with Crippen molar-refractivity contribution in [1.29, 1.82) is 0 Å². The van der Waals surface area contributed by atoms with Gasteiger partial charge in [-0.2, -0.15) is 11.8 Å². The van der Waals surface area contributed by atoms with Gasteiger partial charge in [-0.25, -0.2) is 0 Å². The minimum atomic E-state index is 0.159. The maximum atomic E-state index is 13.4. The van der Waals surface area contributed by atoms with E-state index in [0.29, 0.717) is 18.3 Å². The molecule has 2 fully saturated rings. The van der Waals surface area contributed by atoms with E-state index in [-0.39, 0.29) is 12.0 Å². The van der Waals surface area contributed by atoms with Crippen LogP contribution >= 0.6 is 23.5 Å². The summed E-state index contributed by atoms with van der Waals surface area (Å²) in [4.78, 5) is 15.5. The van der Waals surface area contributed by atoms with Crippen molar-refractivity contribution < 1.29 is 9.53 Å². The zero-order chi connectivity index (χ0) is 22.5. The molecule has 1 amide bonds. The van der Waals surface area contributed by atoms with Gasteiger partial charge in [0, 0.05) is 36.2 Å². The molecule has 0 aliphatic carbocycles. The summed E-state index contributed by atoms with van der Waals surface area (Å²) in [5, 5.41) is 9.70. The molecule has 6 nitrogen and oxygen atoms in total. The molecule has 2 unspecified atom stereocenters. The third-order valence-corrected chi connectivity index (χ3v) is 8.15. The standard InChI is InChI=1S/C25H28N4O2S2/c30-23(28(21-13-15-32-17-21)16-22-12-7-14-31-22)18-33-25-27-26-24(19-8-3-1-4-9-19)29(25)20-10-5-2-6-11-20/h1-6,8-11,21-22H,7,12-18H2. The molecule has 0 bridgehead atoms. The van der Waals surface area contributed by atoms with E-state index in [1.165, 1.54) is 11.8 Å². The molecule has 2 atom stereocenters. The van der Waals surface area contributed by atoms with E-state index in [9.17, 15) is 4.79 Å². The molecule has 2 aliphatic rings. The van der Waals surface area contributed by atoms with Crippen LogP contribution in [-0.2, 0) is 9.53 Å². The Morgan fingerprint density at radius 3 is 2.58 bits per heavy atom. The van der Waals surface area contributed by atoms with Gasteiger partial charge in [0.05, 0.1) is 11.9 Å². The Labute approximate surface area is 203 Å². The fourth-order valence-corrected chi connectivity index (χ4v) is 6.45. The van der Waals surface area contributed by atoms with Crippen LogP contribution in [0, 0.1) is 0 Å². The lowest BCUT2D eigenvalue weighted by Gasteiger charge is -2.30. The molecular weight excluding hydrogens is 452 g/mol. The Kier molecular flexibility index (Phi) is 7.34. The van der Waals surface area contributed by atoms with Crippen molar-refractivity contribution in [3.8, 4) is 17.1 Å². The van der Waals surface area contributed by atoms with Gasteiger partial charge in [0.2, 0.25) is 5.91 Å². The van der Waals surface area contributed by atoms with Crippen LogP contribution in [0.5, 0.6) is 0 Å². The highest BCUT2D eigenvalue weighted by atomic mass is 32.2. The number of nitrogens with zero attached hydrogens (tertiary/aromatic N) is 4. The first-order valence-corrected chi connectivity index (χ1v) is 13.6. The first-order chi connectivity index (χ1) is 16.3. The average Bonchev–Trinajstić information content (AvgIpc) is 3.64. The molecule has 0 saturated carbocycles. The lowest BCUT2D eigenvalue weighted by atomic mass is 10.1. The number of carbonyl (C=O) groups is 1. The highest BCUT2D eigenvalue weighted by molar-refractivity contribution is 8.00. The van der Waals surface area contributed by atoms with Crippen LogP contribution in [0.3, 0.4) is 0 Å². The summed E-state index contributed by atoms with van der Waals surface area (Å²) >= 11 is 3.39. The van der Waals surface area contributed by atoms with Crippen LogP contribution in [0.2, 0.25) is 0 Å². The number of aromatic nitrogens is 3. The van der Waals surface area contributed by atoms with Crippen LogP contribution in [0.1, 0.15) is 19.3 Å². The molecule has 0 N–H and O–H groups in total. The maximum Gasteiger partial charge on any atom is 0.233 e. The van der Waals surface area contributed by atoms with E-state index in [2.05, 4.69) is 15.1 Å². The molecule has 2 aliphatic heterocycles. The highest BCUT2D eigenvalue weighted by Crippen LogP contribution is 2.29. The van der Waals surface area contributed by atoms with Gasteiger partial charge in [0.25, 0.3) is 0 Å². The van der Waals surface area contributed by atoms with E-state index in [1.807, 2.05) is 77.0 Å². The number of rotatable bonds is 8. The van der Waals surface area contributed by atoms with Gasteiger partial charge in [-0.3, -0.25) is 9.36 Å². The Balaban J connectivity index is 1.37. The second-order valence-corrected chi connectivity index (χ2v) is 10.4. The summed E-state index contributed by atoms with van der Waals surface area (Å²) < 4.78 is 7.90. The molecule has 33 heavy (non-hydrogen) atoms. The van der Waals surface area contributed by atoms with Crippen molar-refractivity contribution in [2.75, 3.05) is 30.4 Å². The Morgan fingerprint density at radius 2 is 1.88 bits per heavy atom. The number of ether oxygens (including phenoxy) is 1. The van der Waals surface area contributed by atoms with Crippen LogP contribution in [-0.4, -0.2) is 68.1 Å². The molecular formula is C25H28N4O2S2. The van der Waals surface area contributed by atoms with E-state index < -0.39 is 0 Å². The molecule has 8 heteroatoms. The fourth-order valence-electron chi connectivity index (χ4n) is 4.39. The molecule has 3 aromatic rings. The second kappa shape index (κ2) is 10.8. The summed E-state index contributed by atoms with van der Waals surface area (Å²) in [6, 6.07) is 20.4. The lowest BCUT2D eigenvalue weighted by molar-refractivity contribution is -0.131. The van der Waals surface area contributed by atoms with Gasteiger partial charge in [-0.05, 0) is 37.1 Å². The zero-order valence-electron chi connectivity index (χ0n) is 18.5. The number of hydrogen-bond acceptors (Lipinski definition) is 6. The molecule has 2 aromatic carbocycles. The van der Waals surface area contributed by atoms with Gasteiger partial charge in [0.15, 0.2) is 11.0 Å². The van der Waals surface area contributed by atoms with Gasteiger partial charge in [-0.1, -0.05) is 60.3 Å². The molecule has 172 valence electrons. The maximum absolute atomic E-state index is 13.4. The summed E-state index contributed by atoms with van der Waals surface area (Å²) in [5.41, 5.74) is 1.98. The predicted molar refractivity (Wildman–Crippen MR) is 134 cm³/mol. The highest BCUT2D eigenvalue weighted by Gasteiger charge is 2.31. The third kappa shape index (κ3) is 5.28. The van der Waals surface area contributed by atoms with Crippen molar-refractivity contribution in [1.82, 2.24) is 19.7 Å². The van der Waals surface area contributed by atoms with Gasteiger partial charge < -0.3 is 9.64 Å². The van der Waals surface area contributed by atoms with Gasteiger partial charge >= 0.3 is 0 Å². The topological polar surface area (TPSA) is 60.2 Å². The van der Waals surface area contributed by atoms with Crippen LogP contribution in [0.15, 0.2) is 65.8 Å². The average molecular weight is 481 g/mol. The molecule has 2 saturated heterocycles. The van der Waals surface area contributed by atoms with Gasteiger partial charge in [-0.15, -0.1) is 10.2 Å². The smallest absolute Gasteiger partial charge is 0.233 e. The molecule has 0 spiro atoms. The number of para-hydroxylation sites is 1. The molecule has 1 aromatic heterocycles. The zero-order valence-corrected chi connectivity index (χ0v) is 20.1. The second-order valence-electron chi connectivity index (χ2n) is 8.33. The van der Waals surface area contributed by atoms with Crippen LogP contribution in [0.4, 0.5) is 0 Å². The normalized spacial score (nSPS) is 20.2. The first-order valence-electron chi connectivity index (χ1n) is 11.5. The third-order valence-electron chi connectivity index (χ3n) is 6.10. The van der Waals surface area contributed by atoms with Crippen molar-refractivity contribution in [3.05, 3.63) is 60.7 Å². The number of amides is 1. The number of carbonyl (C=O) groups excluding carboxylic acids is 1. The van der Waals surface area contributed by atoms with Crippen LogP contribution in [0.25, 0.3) is 17.1 Å². The minimum absolute atomic E-state index is 0.159. The summed E-state index contributed by atoms with van der Waals surface area (Å²) in [6.07, 6.45) is 3.36. The fraction of sp³-hybridized carbons (Fsp3) is 0.400. The van der Waals surface area contributed by atoms with E-state index in [1.54, 1.807) is 0 Å². The molecule has 3 heterocycles. The first kappa shape index (κ1) is 22.5. The number of hydrogen-bond donors (Lipinski definition) is 0. The van der Waals surface area contributed by atoms with Crippen molar-refractivity contribution >= 4 is 29.4 Å². The van der Waals surface area contributed by atoms with Gasteiger partial charge in [0.1, 0.15) is 0 Å². The van der Waals surface area contributed by atoms with Crippen molar-refractivity contribution in [2.45, 2.75) is 36.6 Å². The van der Waals surface area contributed by atoms with Crippen LogP contribution < -0.4 is 0 Å². The number of benzene rings is 2. The van der Waals surface area contributed by atoms with E-state index >= 15 is 0 Å². The SMILES string of the molecule is O=C(CSc1nnc(-c2ccccc2)n1-c1ccccc1)N(CC1CCCO1)C1CCSC1. The van der Waals surface area contributed by atoms with Crippen molar-refractivity contribution in [3.63, 3.8) is 0 Å². The summed E-state index contributed by atoms with van der Waals surface area (Å²) in [5.74, 6) is 3.41. The monoisotopic (exact) mass is 480 g/mol. The molecule has 5 rings (SSSR count). The van der Waals surface area contributed by atoms with Crippen molar-refractivity contribution in [2.24, 2.45) is 0 Å². The van der Waals surface area contributed by atoms with E-state index in [4.69, 9.17) is 4.74 Å².